The highest BCUT2D eigenvalue weighted by molar-refractivity contribution is 9.10. The van der Waals surface area contributed by atoms with Crippen LogP contribution in [0.3, 0.4) is 0 Å². The number of phenols is 2. The summed E-state index contributed by atoms with van der Waals surface area (Å²) in [6.07, 6.45) is 3.20. The van der Waals surface area contributed by atoms with Gasteiger partial charge in [0.15, 0.2) is 0 Å². The number of phenolic OH excluding ortho intramolecular Hbond substituents is 2. The van der Waals surface area contributed by atoms with E-state index in [1.165, 1.54) is 0 Å². The van der Waals surface area contributed by atoms with Crippen LogP contribution in [-0.2, 0) is 0 Å². The van der Waals surface area contributed by atoms with Crippen LogP contribution in [0.4, 0.5) is 11.4 Å². The van der Waals surface area contributed by atoms with Gasteiger partial charge in [-0.25, -0.2) is 0 Å². The van der Waals surface area contributed by atoms with Gasteiger partial charge in [0.2, 0.25) is 0 Å². The molecule has 0 saturated carbocycles. The Morgan fingerprint density at radius 1 is 0.639 bits per heavy atom. The molecule has 0 bridgehead atoms. The van der Waals surface area contributed by atoms with Crippen molar-refractivity contribution in [1.29, 1.82) is 0 Å². The predicted octanol–water partition coefficient (Wildman–Crippen LogP) is 9.71. The second-order valence-corrected chi connectivity index (χ2v) is 10.8. The molecule has 36 heavy (non-hydrogen) atoms. The second kappa shape index (κ2) is 11.2. The summed E-state index contributed by atoms with van der Waals surface area (Å²) in [6.45, 7) is 3.98. The molecule has 0 aliphatic rings. The second-order valence-electron chi connectivity index (χ2n) is 8.17. The molecule has 0 amide bonds. The SMILES string of the molecule is Cc1cc(-c2ccc(N=Cc3cc(Br)cc(Cl)c3O)c(C)c2)ccc1N=Cc1cc(Br)cc(Cl)c1O. The van der Waals surface area contributed by atoms with E-state index >= 15 is 0 Å². The number of nitrogens with zero attached hydrogens (tertiary/aromatic N) is 2. The van der Waals surface area contributed by atoms with Crippen LogP contribution in [0.25, 0.3) is 11.1 Å². The zero-order valence-electron chi connectivity index (χ0n) is 19.2. The largest absolute Gasteiger partial charge is 0.506 e. The molecule has 0 fully saturated rings. The van der Waals surface area contributed by atoms with Crippen molar-refractivity contribution in [1.82, 2.24) is 0 Å². The van der Waals surface area contributed by atoms with Gasteiger partial charge in [-0.05, 0) is 84.6 Å². The van der Waals surface area contributed by atoms with Crippen molar-refractivity contribution in [2.24, 2.45) is 9.98 Å². The number of rotatable bonds is 5. The molecular formula is C28H20Br2Cl2N2O2. The molecule has 0 aliphatic heterocycles. The highest BCUT2D eigenvalue weighted by atomic mass is 79.9. The number of aryl methyl sites for hydroxylation is 2. The molecule has 0 radical (unpaired) electrons. The summed E-state index contributed by atoms with van der Waals surface area (Å²) < 4.78 is 1.53. The summed E-state index contributed by atoms with van der Waals surface area (Å²) in [5.74, 6) is -0.0105. The third kappa shape index (κ3) is 6.01. The average Bonchev–Trinajstić information content (AvgIpc) is 2.83. The first-order valence-corrected chi connectivity index (χ1v) is 13.1. The third-order valence-corrected chi connectivity index (χ3v) is 7.02. The van der Waals surface area contributed by atoms with Crippen LogP contribution in [0.2, 0.25) is 10.0 Å². The van der Waals surface area contributed by atoms with Gasteiger partial charge in [-0.2, -0.15) is 0 Å². The minimum atomic E-state index is -0.00526. The van der Waals surface area contributed by atoms with Crippen LogP contribution in [0.1, 0.15) is 22.3 Å². The monoisotopic (exact) mass is 644 g/mol. The quantitative estimate of drug-likeness (QED) is 0.212. The van der Waals surface area contributed by atoms with E-state index in [1.807, 2.05) is 38.1 Å². The molecule has 0 spiro atoms. The van der Waals surface area contributed by atoms with E-state index in [0.29, 0.717) is 11.1 Å². The first-order valence-electron chi connectivity index (χ1n) is 10.8. The number of hydrogen-bond donors (Lipinski definition) is 2. The van der Waals surface area contributed by atoms with Crippen molar-refractivity contribution >= 4 is 78.9 Å². The van der Waals surface area contributed by atoms with Crippen molar-refractivity contribution < 1.29 is 10.2 Å². The number of aromatic hydroxyl groups is 2. The predicted molar refractivity (Wildman–Crippen MR) is 157 cm³/mol. The van der Waals surface area contributed by atoms with Crippen molar-refractivity contribution in [2.75, 3.05) is 0 Å². The number of halogens is 4. The zero-order valence-corrected chi connectivity index (χ0v) is 23.9. The molecular weight excluding hydrogens is 627 g/mol. The Hall–Kier alpha value is -2.64. The fourth-order valence-electron chi connectivity index (χ4n) is 3.61. The maximum absolute atomic E-state index is 10.2. The lowest BCUT2D eigenvalue weighted by Crippen LogP contribution is -1.87. The molecule has 0 aromatic heterocycles. The van der Waals surface area contributed by atoms with Crippen LogP contribution in [0.5, 0.6) is 11.5 Å². The smallest absolute Gasteiger partial charge is 0.143 e. The molecule has 0 saturated heterocycles. The lowest BCUT2D eigenvalue weighted by atomic mass is 10.00. The van der Waals surface area contributed by atoms with Crippen LogP contribution in [0, 0.1) is 13.8 Å². The van der Waals surface area contributed by atoms with Gasteiger partial charge < -0.3 is 10.2 Å². The zero-order chi connectivity index (χ0) is 26.0. The van der Waals surface area contributed by atoms with Gasteiger partial charge in [0.05, 0.1) is 21.4 Å². The molecule has 0 aliphatic carbocycles. The number of benzene rings is 4. The fourth-order valence-corrected chi connectivity index (χ4v) is 5.27. The first kappa shape index (κ1) is 26.4. The summed E-state index contributed by atoms with van der Waals surface area (Å²) in [5.41, 5.74) is 6.73. The Balaban J connectivity index is 1.57. The Kier molecular flexibility index (Phi) is 8.20. The minimum Gasteiger partial charge on any atom is -0.506 e. The maximum Gasteiger partial charge on any atom is 0.143 e. The van der Waals surface area contributed by atoms with Gasteiger partial charge in [-0.15, -0.1) is 0 Å². The van der Waals surface area contributed by atoms with E-state index in [-0.39, 0.29) is 21.5 Å². The van der Waals surface area contributed by atoms with E-state index in [0.717, 1.165) is 42.6 Å². The summed E-state index contributed by atoms with van der Waals surface area (Å²) in [6, 6.07) is 18.8. The number of hydrogen-bond acceptors (Lipinski definition) is 4. The Labute approximate surface area is 236 Å². The van der Waals surface area contributed by atoms with Gasteiger partial charge in [-0.1, -0.05) is 67.2 Å². The molecule has 0 heterocycles. The molecule has 4 aromatic carbocycles. The topological polar surface area (TPSA) is 65.2 Å². The van der Waals surface area contributed by atoms with E-state index in [1.54, 1.807) is 36.7 Å². The molecule has 0 unspecified atom stereocenters. The lowest BCUT2D eigenvalue weighted by molar-refractivity contribution is 0.474. The first-order chi connectivity index (χ1) is 17.1. The average molecular weight is 647 g/mol. The Morgan fingerprint density at radius 3 is 1.39 bits per heavy atom. The summed E-state index contributed by atoms with van der Waals surface area (Å²) in [4.78, 5) is 9.08. The summed E-state index contributed by atoms with van der Waals surface area (Å²) in [7, 11) is 0. The van der Waals surface area contributed by atoms with Crippen LogP contribution in [-0.4, -0.2) is 22.6 Å². The third-order valence-electron chi connectivity index (χ3n) is 5.53. The van der Waals surface area contributed by atoms with E-state index in [2.05, 4.69) is 54.0 Å². The number of aliphatic imine (C=N–C) groups is 2. The summed E-state index contributed by atoms with van der Waals surface area (Å²) >= 11 is 18.9. The van der Waals surface area contributed by atoms with E-state index in [4.69, 9.17) is 23.2 Å². The van der Waals surface area contributed by atoms with E-state index < -0.39 is 0 Å². The van der Waals surface area contributed by atoms with Crippen LogP contribution >= 0.6 is 55.1 Å². The van der Waals surface area contributed by atoms with Crippen molar-refractivity contribution in [2.45, 2.75) is 13.8 Å². The minimum absolute atomic E-state index is 0.00526. The van der Waals surface area contributed by atoms with Crippen LogP contribution in [0.15, 0.2) is 79.6 Å². The molecule has 4 aromatic rings. The van der Waals surface area contributed by atoms with Gasteiger partial charge in [0.25, 0.3) is 0 Å². The lowest BCUT2D eigenvalue weighted by Gasteiger charge is -2.09. The maximum atomic E-state index is 10.2. The molecule has 4 rings (SSSR count). The molecule has 2 N–H and O–H groups in total. The highest BCUT2D eigenvalue weighted by Crippen LogP contribution is 2.34. The van der Waals surface area contributed by atoms with Gasteiger partial charge in [0, 0.05) is 32.5 Å². The van der Waals surface area contributed by atoms with Crippen molar-refractivity contribution in [3.05, 3.63) is 102 Å². The molecule has 4 nitrogen and oxygen atoms in total. The van der Waals surface area contributed by atoms with Crippen molar-refractivity contribution in [3.8, 4) is 22.6 Å². The summed E-state index contributed by atoms with van der Waals surface area (Å²) in [5, 5.41) is 20.9. The Bertz CT molecular complexity index is 1420. The van der Waals surface area contributed by atoms with E-state index in [9.17, 15) is 10.2 Å². The normalized spacial score (nSPS) is 11.6. The van der Waals surface area contributed by atoms with Gasteiger partial charge in [0.1, 0.15) is 11.5 Å². The molecule has 8 heteroatoms. The fraction of sp³-hybridized carbons (Fsp3) is 0.0714. The van der Waals surface area contributed by atoms with Crippen molar-refractivity contribution in [3.63, 3.8) is 0 Å². The Morgan fingerprint density at radius 2 is 1.03 bits per heavy atom. The molecule has 182 valence electrons. The van der Waals surface area contributed by atoms with Gasteiger partial charge in [-0.3, -0.25) is 9.98 Å². The highest BCUT2D eigenvalue weighted by Gasteiger charge is 2.09. The van der Waals surface area contributed by atoms with Crippen LogP contribution < -0.4 is 0 Å². The standard InChI is InChI=1S/C28H20Br2Cl2N2O2/c1-15-7-17(3-5-25(15)33-13-19-9-21(29)11-23(31)27(19)35)18-4-6-26(16(2)8-18)34-14-20-10-22(30)12-24(32)28(20)36/h3-14,35-36H,1-2H3. The van der Waals surface area contributed by atoms with Gasteiger partial charge >= 0.3 is 0 Å². The molecule has 0 atom stereocenters.